The van der Waals surface area contributed by atoms with E-state index in [-0.39, 0.29) is 12.3 Å². The second kappa shape index (κ2) is 7.27. The maximum absolute atomic E-state index is 12.0. The van der Waals surface area contributed by atoms with Crippen molar-refractivity contribution in [3.8, 4) is 11.5 Å². The minimum Gasteiger partial charge on any atom is -0.421 e. The number of anilines is 1. The minimum absolute atomic E-state index is 0.154. The number of nitrogens with one attached hydrogen (secondary N) is 1. The zero-order chi connectivity index (χ0) is 16.9. The lowest BCUT2D eigenvalue weighted by molar-refractivity contribution is -0.116. The number of benzene rings is 2. The molecule has 0 unspecified atom stereocenters. The normalized spacial score (nSPS) is 10.6. The zero-order valence-corrected chi connectivity index (χ0v) is 13.9. The smallest absolute Gasteiger partial charge is 0.247 e. The van der Waals surface area contributed by atoms with Crippen LogP contribution in [0.25, 0.3) is 11.5 Å². The van der Waals surface area contributed by atoms with Crippen molar-refractivity contribution in [1.29, 1.82) is 0 Å². The zero-order valence-electron chi connectivity index (χ0n) is 13.1. The van der Waals surface area contributed by atoms with Crippen LogP contribution in [0.2, 0.25) is 5.02 Å². The molecule has 0 aliphatic heterocycles. The summed E-state index contributed by atoms with van der Waals surface area (Å²) in [7, 11) is 0. The van der Waals surface area contributed by atoms with Gasteiger partial charge >= 0.3 is 0 Å². The number of carbonyl (C=O) groups is 1. The van der Waals surface area contributed by atoms with Gasteiger partial charge in [0.2, 0.25) is 17.7 Å². The van der Waals surface area contributed by atoms with Crippen LogP contribution in [0.5, 0.6) is 0 Å². The number of nitrogens with zero attached hydrogens (tertiary/aromatic N) is 2. The highest BCUT2D eigenvalue weighted by Gasteiger charge is 2.12. The number of amides is 1. The van der Waals surface area contributed by atoms with E-state index in [1.165, 1.54) is 0 Å². The number of halogens is 1. The summed E-state index contributed by atoms with van der Waals surface area (Å²) in [5, 5.41) is 11.3. The van der Waals surface area contributed by atoms with E-state index in [0.29, 0.717) is 28.9 Å². The van der Waals surface area contributed by atoms with E-state index >= 15 is 0 Å². The van der Waals surface area contributed by atoms with Gasteiger partial charge in [-0.1, -0.05) is 41.9 Å². The summed E-state index contributed by atoms with van der Waals surface area (Å²) in [4.78, 5) is 12.0. The Labute approximate surface area is 144 Å². The first-order valence-corrected chi connectivity index (χ1v) is 7.94. The molecular weight excluding hydrogens is 326 g/mol. The second-order valence-electron chi connectivity index (χ2n) is 5.34. The fraction of sp³-hybridized carbons (Fsp3) is 0.167. The highest BCUT2D eigenvalue weighted by Crippen LogP contribution is 2.23. The van der Waals surface area contributed by atoms with Crippen molar-refractivity contribution in [2.45, 2.75) is 19.8 Å². The molecule has 0 atom stereocenters. The molecule has 2 aromatic carbocycles. The Kier molecular flexibility index (Phi) is 4.91. The molecule has 3 rings (SSSR count). The Hall–Kier alpha value is -2.66. The van der Waals surface area contributed by atoms with Crippen molar-refractivity contribution in [3.63, 3.8) is 0 Å². The number of aromatic nitrogens is 2. The van der Waals surface area contributed by atoms with Gasteiger partial charge in [0, 0.05) is 18.4 Å². The van der Waals surface area contributed by atoms with E-state index in [4.69, 9.17) is 16.0 Å². The second-order valence-corrected chi connectivity index (χ2v) is 5.75. The summed E-state index contributed by atoms with van der Waals surface area (Å²) in [6, 6.07) is 14.9. The van der Waals surface area contributed by atoms with Crippen molar-refractivity contribution < 1.29 is 9.21 Å². The van der Waals surface area contributed by atoms with Crippen LogP contribution >= 0.6 is 11.6 Å². The lowest BCUT2D eigenvalue weighted by atomic mass is 10.1. The number of rotatable bonds is 5. The molecule has 0 aliphatic rings. The molecule has 6 heteroatoms. The average Bonchev–Trinajstić information content (AvgIpc) is 3.04. The summed E-state index contributed by atoms with van der Waals surface area (Å²) in [6.07, 6.45) is 0.607. The summed E-state index contributed by atoms with van der Waals surface area (Å²) in [5.41, 5.74) is 2.55. The Morgan fingerprint density at radius 1 is 1.12 bits per heavy atom. The summed E-state index contributed by atoms with van der Waals surface area (Å²) >= 11 is 6.02. The lowest BCUT2D eigenvalue weighted by Crippen LogP contribution is -2.12. The van der Waals surface area contributed by atoms with Crippen LogP contribution in [-0.2, 0) is 11.2 Å². The van der Waals surface area contributed by atoms with E-state index in [0.717, 1.165) is 11.1 Å². The molecule has 1 N–H and O–H groups in total. The predicted molar refractivity (Wildman–Crippen MR) is 92.9 cm³/mol. The van der Waals surface area contributed by atoms with Crippen molar-refractivity contribution in [1.82, 2.24) is 10.2 Å². The Bertz CT molecular complexity index is 861. The van der Waals surface area contributed by atoms with E-state index in [2.05, 4.69) is 15.5 Å². The van der Waals surface area contributed by atoms with Crippen molar-refractivity contribution in [2.24, 2.45) is 0 Å². The maximum Gasteiger partial charge on any atom is 0.247 e. The Morgan fingerprint density at radius 2 is 1.88 bits per heavy atom. The summed E-state index contributed by atoms with van der Waals surface area (Å²) in [5.74, 6) is 0.746. The quantitative estimate of drug-likeness (QED) is 0.752. The summed E-state index contributed by atoms with van der Waals surface area (Å²) < 4.78 is 5.65. The third-order valence-corrected chi connectivity index (χ3v) is 3.89. The highest BCUT2D eigenvalue weighted by molar-refractivity contribution is 6.33. The number of para-hydroxylation sites is 1. The van der Waals surface area contributed by atoms with Gasteiger partial charge in [0.15, 0.2) is 0 Å². The number of hydrogen-bond acceptors (Lipinski definition) is 4. The number of hydrogen-bond donors (Lipinski definition) is 1. The van der Waals surface area contributed by atoms with Crippen LogP contribution < -0.4 is 5.32 Å². The molecule has 24 heavy (non-hydrogen) atoms. The lowest BCUT2D eigenvalue weighted by Gasteiger charge is -2.05. The van der Waals surface area contributed by atoms with Crippen molar-refractivity contribution in [2.75, 3.05) is 5.32 Å². The molecule has 3 aromatic rings. The first-order valence-electron chi connectivity index (χ1n) is 7.56. The molecule has 0 fully saturated rings. The van der Waals surface area contributed by atoms with Crippen LogP contribution in [0.4, 0.5) is 5.69 Å². The molecule has 0 aliphatic carbocycles. The van der Waals surface area contributed by atoms with Crippen LogP contribution in [0.3, 0.4) is 0 Å². The molecule has 0 saturated heterocycles. The monoisotopic (exact) mass is 341 g/mol. The van der Waals surface area contributed by atoms with Gasteiger partial charge in [-0.15, -0.1) is 10.2 Å². The van der Waals surface area contributed by atoms with Gasteiger partial charge < -0.3 is 9.73 Å². The van der Waals surface area contributed by atoms with Crippen LogP contribution in [0.15, 0.2) is 52.9 Å². The van der Waals surface area contributed by atoms with Gasteiger partial charge in [0.1, 0.15) is 0 Å². The van der Waals surface area contributed by atoms with Crippen LogP contribution in [0, 0.1) is 6.92 Å². The third kappa shape index (κ3) is 3.81. The predicted octanol–water partition coefficient (Wildman–Crippen LogP) is 4.27. The van der Waals surface area contributed by atoms with Gasteiger partial charge in [0.25, 0.3) is 0 Å². The minimum atomic E-state index is -0.154. The molecule has 0 saturated carbocycles. The Morgan fingerprint density at radius 3 is 2.67 bits per heavy atom. The van der Waals surface area contributed by atoms with Crippen molar-refractivity contribution in [3.05, 3.63) is 65.0 Å². The van der Waals surface area contributed by atoms with Gasteiger partial charge in [-0.3, -0.25) is 4.79 Å². The molecule has 1 heterocycles. The standard InChI is InChI=1S/C18H16ClN3O2/c1-12-6-2-3-7-13(12)18-22-21-17(24-18)11-10-16(23)20-15-9-5-4-8-14(15)19/h2-9H,10-11H2,1H3,(H,20,23). The molecule has 0 bridgehead atoms. The van der Waals surface area contributed by atoms with Crippen LogP contribution in [0.1, 0.15) is 17.9 Å². The highest BCUT2D eigenvalue weighted by atomic mass is 35.5. The average molecular weight is 342 g/mol. The molecule has 0 radical (unpaired) electrons. The Balaban J connectivity index is 1.61. The maximum atomic E-state index is 12.0. The van der Waals surface area contributed by atoms with E-state index in [9.17, 15) is 4.79 Å². The van der Waals surface area contributed by atoms with Gasteiger partial charge in [-0.2, -0.15) is 0 Å². The summed E-state index contributed by atoms with van der Waals surface area (Å²) in [6.45, 7) is 1.98. The first kappa shape index (κ1) is 16.2. The molecule has 1 aromatic heterocycles. The van der Waals surface area contributed by atoms with E-state index in [1.54, 1.807) is 12.1 Å². The topological polar surface area (TPSA) is 68.0 Å². The fourth-order valence-electron chi connectivity index (χ4n) is 2.27. The third-order valence-electron chi connectivity index (χ3n) is 3.56. The molecule has 0 spiro atoms. The SMILES string of the molecule is Cc1ccccc1-c1nnc(CCC(=O)Nc2ccccc2Cl)o1. The van der Waals surface area contributed by atoms with Gasteiger partial charge in [-0.25, -0.2) is 0 Å². The van der Waals surface area contributed by atoms with Gasteiger partial charge in [-0.05, 0) is 30.7 Å². The fourth-order valence-corrected chi connectivity index (χ4v) is 2.46. The molecule has 122 valence electrons. The van der Waals surface area contributed by atoms with Gasteiger partial charge in [0.05, 0.1) is 10.7 Å². The molecule has 1 amide bonds. The van der Waals surface area contributed by atoms with Crippen LogP contribution in [-0.4, -0.2) is 16.1 Å². The molecule has 5 nitrogen and oxygen atoms in total. The van der Waals surface area contributed by atoms with E-state index < -0.39 is 0 Å². The van der Waals surface area contributed by atoms with Crippen molar-refractivity contribution >= 4 is 23.2 Å². The first-order chi connectivity index (χ1) is 11.6. The number of carbonyl (C=O) groups excluding carboxylic acids is 1. The number of aryl methyl sites for hydroxylation is 2. The van der Waals surface area contributed by atoms with E-state index in [1.807, 2.05) is 43.3 Å². The largest absolute Gasteiger partial charge is 0.421 e. The molecular formula is C18H16ClN3O2.